The van der Waals surface area contributed by atoms with E-state index in [2.05, 4.69) is 17.4 Å². The molecule has 4 heteroatoms. The third-order valence-corrected chi connectivity index (χ3v) is 4.10. The molecule has 0 bridgehead atoms. The van der Waals surface area contributed by atoms with Crippen LogP contribution in [-0.4, -0.2) is 25.2 Å². The highest BCUT2D eigenvalue weighted by atomic mass is 16.5. The minimum Gasteiger partial charge on any atom is -0.497 e. The number of aryl methyl sites for hydroxylation is 1. The maximum atomic E-state index is 12.5. The average molecular weight is 341 g/mol. The molecule has 0 aliphatic heterocycles. The molecule has 0 radical (unpaired) electrons. The molecule has 2 rings (SSSR count). The van der Waals surface area contributed by atoms with Crippen LogP contribution >= 0.6 is 0 Å². The summed E-state index contributed by atoms with van der Waals surface area (Å²) in [6.07, 6.45) is 1.96. The van der Waals surface area contributed by atoms with Crippen LogP contribution in [0, 0.1) is 0 Å². The van der Waals surface area contributed by atoms with Crippen LogP contribution in [0.2, 0.25) is 0 Å². The number of benzene rings is 2. The monoisotopic (exact) mass is 341 g/mol. The lowest BCUT2D eigenvalue weighted by molar-refractivity contribution is -0.128. The lowest BCUT2D eigenvalue weighted by Crippen LogP contribution is -2.42. The van der Waals surface area contributed by atoms with E-state index in [9.17, 15) is 4.79 Å². The summed E-state index contributed by atoms with van der Waals surface area (Å²) in [5.74, 6) is 1.36. The van der Waals surface area contributed by atoms with Crippen LogP contribution in [0.5, 0.6) is 11.5 Å². The number of nitrogens with one attached hydrogen (secondary N) is 1. The Labute approximate surface area is 150 Å². The second kappa shape index (κ2) is 9.72. The average Bonchev–Trinajstić information content (AvgIpc) is 2.65. The van der Waals surface area contributed by atoms with Gasteiger partial charge in [0.2, 0.25) is 0 Å². The van der Waals surface area contributed by atoms with E-state index in [0.717, 1.165) is 18.6 Å². The number of rotatable bonds is 9. The van der Waals surface area contributed by atoms with E-state index >= 15 is 0 Å². The summed E-state index contributed by atoms with van der Waals surface area (Å²) >= 11 is 0. The fourth-order valence-electron chi connectivity index (χ4n) is 2.58. The first-order valence-corrected chi connectivity index (χ1v) is 8.77. The number of carbonyl (C=O) groups excluding carboxylic acids is 1. The highest BCUT2D eigenvalue weighted by Gasteiger charge is 2.20. The molecule has 0 heterocycles. The summed E-state index contributed by atoms with van der Waals surface area (Å²) in [5, 5.41) is 3.06. The van der Waals surface area contributed by atoms with E-state index in [4.69, 9.17) is 9.47 Å². The molecular weight excluding hydrogens is 314 g/mol. The van der Waals surface area contributed by atoms with Crippen molar-refractivity contribution in [1.29, 1.82) is 0 Å². The van der Waals surface area contributed by atoms with E-state index in [0.29, 0.717) is 12.2 Å². The molecule has 0 spiro atoms. The molecule has 25 heavy (non-hydrogen) atoms. The van der Waals surface area contributed by atoms with Crippen molar-refractivity contribution in [1.82, 2.24) is 5.32 Å². The molecule has 0 saturated heterocycles. The third kappa shape index (κ3) is 6.14. The minimum absolute atomic E-state index is 0.0705. The summed E-state index contributed by atoms with van der Waals surface area (Å²) in [6.45, 7) is 3.98. The van der Waals surface area contributed by atoms with Crippen LogP contribution in [0.1, 0.15) is 32.3 Å². The Kier molecular flexibility index (Phi) is 7.33. The molecule has 134 valence electrons. The minimum atomic E-state index is -0.493. The van der Waals surface area contributed by atoms with Crippen molar-refractivity contribution in [3.8, 4) is 11.5 Å². The Hall–Kier alpha value is -2.49. The van der Waals surface area contributed by atoms with Gasteiger partial charge in [-0.15, -0.1) is 0 Å². The van der Waals surface area contributed by atoms with Crippen molar-refractivity contribution < 1.29 is 14.3 Å². The van der Waals surface area contributed by atoms with Gasteiger partial charge in [-0.2, -0.15) is 0 Å². The molecule has 0 aromatic heterocycles. The third-order valence-electron chi connectivity index (χ3n) is 4.10. The van der Waals surface area contributed by atoms with Crippen LogP contribution < -0.4 is 14.8 Å². The van der Waals surface area contributed by atoms with Gasteiger partial charge in [0, 0.05) is 6.04 Å². The van der Waals surface area contributed by atoms with Crippen molar-refractivity contribution in [2.45, 2.75) is 45.3 Å². The predicted octanol–water partition coefficient (Wildman–Crippen LogP) is 3.99. The van der Waals surface area contributed by atoms with Crippen molar-refractivity contribution in [2.24, 2.45) is 0 Å². The Morgan fingerprint density at radius 3 is 2.28 bits per heavy atom. The Bertz CT molecular complexity index is 640. The lowest BCUT2D eigenvalue weighted by Gasteiger charge is -2.20. The van der Waals surface area contributed by atoms with Crippen molar-refractivity contribution >= 4 is 5.91 Å². The summed E-state index contributed by atoms with van der Waals surface area (Å²) in [6, 6.07) is 17.7. The van der Waals surface area contributed by atoms with Gasteiger partial charge < -0.3 is 14.8 Å². The Morgan fingerprint density at radius 1 is 1.04 bits per heavy atom. The standard InChI is InChI=1S/C21H27NO3/c1-4-20(25-19-14-12-18(24-3)13-15-19)21(23)22-16(2)10-11-17-8-6-5-7-9-17/h5-9,12-16,20H,4,10-11H2,1-3H3,(H,22,23)/t16-,20-/m1/s1. The van der Waals surface area contributed by atoms with Gasteiger partial charge in [-0.25, -0.2) is 0 Å². The molecule has 0 aliphatic rings. The summed E-state index contributed by atoms with van der Waals surface area (Å²) in [7, 11) is 1.62. The number of methoxy groups -OCH3 is 1. The van der Waals surface area contributed by atoms with Gasteiger partial charge in [0.25, 0.3) is 5.91 Å². The molecule has 2 atom stereocenters. The van der Waals surface area contributed by atoms with Crippen LogP contribution in [0.25, 0.3) is 0 Å². The fourth-order valence-corrected chi connectivity index (χ4v) is 2.58. The molecular formula is C21H27NO3. The van der Waals surface area contributed by atoms with Crippen molar-refractivity contribution in [3.63, 3.8) is 0 Å². The first-order valence-electron chi connectivity index (χ1n) is 8.77. The van der Waals surface area contributed by atoms with Gasteiger partial charge in [0.05, 0.1) is 7.11 Å². The molecule has 0 saturated carbocycles. The number of hydrogen-bond donors (Lipinski definition) is 1. The first kappa shape index (κ1) is 18.8. The maximum Gasteiger partial charge on any atom is 0.261 e. The van der Waals surface area contributed by atoms with E-state index in [1.165, 1.54) is 5.56 Å². The zero-order chi connectivity index (χ0) is 18.1. The quantitative estimate of drug-likeness (QED) is 0.750. The Morgan fingerprint density at radius 2 is 1.68 bits per heavy atom. The first-order chi connectivity index (χ1) is 12.1. The van der Waals surface area contributed by atoms with Crippen LogP contribution in [0.3, 0.4) is 0 Å². The van der Waals surface area contributed by atoms with Gasteiger partial charge in [-0.05, 0) is 56.0 Å². The van der Waals surface area contributed by atoms with Gasteiger partial charge in [0.1, 0.15) is 11.5 Å². The van der Waals surface area contributed by atoms with Crippen molar-refractivity contribution in [2.75, 3.05) is 7.11 Å². The van der Waals surface area contributed by atoms with Gasteiger partial charge in [0.15, 0.2) is 6.10 Å². The maximum absolute atomic E-state index is 12.5. The summed E-state index contributed by atoms with van der Waals surface area (Å²) < 4.78 is 11.0. The molecule has 0 fully saturated rings. The zero-order valence-corrected chi connectivity index (χ0v) is 15.2. The smallest absolute Gasteiger partial charge is 0.261 e. The lowest BCUT2D eigenvalue weighted by atomic mass is 10.1. The normalized spacial score (nSPS) is 12.9. The Balaban J connectivity index is 1.83. The topological polar surface area (TPSA) is 47.6 Å². The van der Waals surface area contributed by atoms with E-state index in [1.54, 1.807) is 7.11 Å². The van der Waals surface area contributed by atoms with E-state index in [1.807, 2.05) is 56.3 Å². The van der Waals surface area contributed by atoms with Crippen LogP contribution in [-0.2, 0) is 11.2 Å². The van der Waals surface area contributed by atoms with E-state index < -0.39 is 6.10 Å². The SMILES string of the molecule is CC[C@@H](Oc1ccc(OC)cc1)C(=O)N[C@H](C)CCc1ccccc1. The second-order valence-corrected chi connectivity index (χ2v) is 6.12. The number of amides is 1. The summed E-state index contributed by atoms with van der Waals surface area (Å²) in [4.78, 5) is 12.5. The molecule has 2 aromatic rings. The van der Waals surface area contributed by atoms with E-state index in [-0.39, 0.29) is 11.9 Å². The molecule has 4 nitrogen and oxygen atoms in total. The highest BCUT2D eigenvalue weighted by molar-refractivity contribution is 5.81. The van der Waals surface area contributed by atoms with Crippen LogP contribution in [0.15, 0.2) is 54.6 Å². The second-order valence-electron chi connectivity index (χ2n) is 6.12. The number of ether oxygens (including phenoxy) is 2. The fraction of sp³-hybridized carbons (Fsp3) is 0.381. The zero-order valence-electron chi connectivity index (χ0n) is 15.2. The molecule has 1 N–H and O–H groups in total. The molecule has 1 amide bonds. The predicted molar refractivity (Wildman–Crippen MR) is 100 cm³/mol. The van der Waals surface area contributed by atoms with Gasteiger partial charge in [-0.3, -0.25) is 4.79 Å². The largest absolute Gasteiger partial charge is 0.497 e. The number of hydrogen-bond acceptors (Lipinski definition) is 3. The van der Waals surface area contributed by atoms with Gasteiger partial charge in [-0.1, -0.05) is 37.3 Å². The summed E-state index contributed by atoms with van der Waals surface area (Å²) in [5.41, 5.74) is 1.28. The number of carbonyl (C=O) groups is 1. The van der Waals surface area contributed by atoms with Crippen molar-refractivity contribution in [3.05, 3.63) is 60.2 Å². The van der Waals surface area contributed by atoms with Gasteiger partial charge >= 0.3 is 0 Å². The molecule has 0 aliphatic carbocycles. The highest BCUT2D eigenvalue weighted by Crippen LogP contribution is 2.19. The van der Waals surface area contributed by atoms with Crippen LogP contribution in [0.4, 0.5) is 0 Å². The molecule has 2 aromatic carbocycles. The molecule has 0 unspecified atom stereocenters.